The molecule has 8 heteroatoms. The maximum atomic E-state index is 12.7. The third-order valence-electron chi connectivity index (χ3n) is 4.38. The summed E-state index contributed by atoms with van der Waals surface area (Å²) in [5.41, 5.74) is 0.404. The predicted molar refractivity (Wildman–Crippen MR) is 113 cm³/mol. The van der Waals surface area contributed by atoms with Gasteiger partial charge in [-0.3, -0.25) is 4.79 Å². The molecule has 1 aromatic heterocycles. The summed E-state index contributed by atoms with van der Waals surface area (Å²) < 4.78 is 5.62. The van der Waals surface area contributed by atoms with Gasteiger partial charge in [-0.25, -0.2) is 9.78 Å². The number of carboxylic acids is 1. The van der Waals surface area contributed by atoms with E-state index in [1.54, 1.807) is 42.5 Å². The SMILES string of the molecule is CC(C)Oc1ccc2c(O)c(C(=O)NC(Cc3ccccc3)C(=O)O)nc(Cl)c2c1. The first-order valence-corrected chi connectivity index (χ1v) is 9.70. The van der Waals surface area contributed by atoms with Crippen LogP contribution >= 0.6 is 11.6 Å². The van der Waals surface area contributed by atoms with Crippen LogP contribution in [0.2, 0.25) is 5.15 Å². The Balaban J connectivity index is 1.90. The van der Waals surface area contributed by atoms with E-state index in [0.29, 0.717) is 16.5 Å². The quantitative estimate of drug-likeness (QED) is 0.494. The highest BCUT2D eigenvalue weighted by Gasteiger charge is 2.25. The number of aromatic nitrogens is 1. The van der Waals surface area contributed by atoms with Gasteiger partial charge in [0.15, 0.2) is 11.4 Å². The maximum absolute atomic E-state index is 12.7. The first-order valence-electron chi connectivity index (χ1n) is 9.32. The zero-order chi connectivity index (χ0) is 21.8. The molecular weight excluding hydrogens is 408 g/mol. The van der Waals surface area contributed by atoms with Crippen molar-refractivity contribution in [2.24, 2.45) is 0 Å². The lowest BCUT2D eigenvalue weighted by Crippen LogP contribution is -2.42. The first kappa shape index (κ1) is 21.4. The largest absolute Gasteiger partial charge is 0.505 e. The highest BCUT2D eigenvalue weighted by Crippen LogP contribution is 2.34. The Morgan fingerprint density at radius 1 is 1.13 bits per heavy atom. The van der Waals surface area contributed by atoms with E-state index in [1.165, 1.54) is 0 Å². The van der Waals surface area contributed by atoms with Gasteiger partial charge in [-0.15, -0.1) is 0 Å². The van der Waals surface area contributed by atoms with Crippen molar-refractivity contribution in [1.29, 1.82) is 0 Å². The van der Waals surface area contributed by atoms with Crippen molar-refractivity contribution in [1.82, 2.24) is 10.3 Å². The van der Waals surface area contributed by atoms with Crippen molar-refractivity contribution < 1.29 is 24.5 Å². The Bertz CT molecular complexity index is 1090. The number of carbonyl (C=O) groups is 2. The summed E-state index contributed by atoms with van der Waals surface area (Å²) >= 11 is 6.24. The topological polar surface area (TPSA) is 109 Å². The Morgan fingerprint density at radius 2 is 1.83 bits per heavy atom. The number of ether oxygens (including phenoxy) is 1. The number of carboxylic acid groups (broad SMARTS) is 1. The highest BCUT2D eigenvalue weighted by atomic mass is 35.5. The van der Waals surface area contributed by atoms with Gasteiger partial charge in [0.2, 0.25) is 0 Å². The molecule has 0 saturated heterocycles. The number of rotatable bonds is 7. The number of pyridine rings is 1. The molecule has 1 unspecified atom stereocenters. The van der Waals surface area contributed by atoms with Crippen LogP contribution in [-0.2, 0) is 11.2 Å². The van der Waals surface area contributed by atoms with Crippen LogP contribution in [0.5, 0.6) is 11.5 Å². The summed E-state index contributed by atoms with van der Waals surface area (Å²) in [7, 11) is 0. The van der Waals surface area contributed by atoms with E-state index >= 15 is 0 Å². The number of halogens is 1. The highest BCUT2D eigenvalue weighted by molar-refractivity contribution is 6.35. The Labute approximate surface area is 178 Å². The van der Waals surface area contributed by atoms with E-state index in [0.717, 1.165) is 5.56 Å². The van der Waals surface area contributed by atoms with Gasteiger partial charge < -0.3 is 20.3 Å². The van der Waals surface area contributed by atoms with Crippen LogP contribution in [0.4, 0.5) is 0 Å². The van der Waals surface area contributed by atoms with Crippen molar-refractivity contribution in [3.63, 3.8) is 0 Å². The molecule has 3 aromatic rings. The summed E-state index contributed by atoms with van der Waals surface area (Å²) in [5.74, 6) is -1.87. The number of benzene rings is 2. The second-order valence-corrected chi connectivity index (χ2v) is 7.39. The van der Waals surface area contributed by atoms with Crippen LogP contribution in [0, 0.1) is 0 Å². The van der Waals surface area contributed by atoms with Gasteiger partial charge >= 0.3 is 5.97 Å². The van der Waals surface area contributed by atoms with Crippen LogP contribution in [0.25, 0.3) is 10.8 Å². The van der Waals surface area contributed by atoms with Crippen LogP contribution in [-0.4, -0.2) is 39.2 Å². The summed E-state index contributed by atoms with van der Waals surface area (Å²) in [6.45, 7) is 3.76. The van der Waals surface area contributed by atoms with Crippen molar-refractivity contribution in [3.05, 3.63) is 64.9 Å². The smallest absolute Gasteiger partial charge is 0.326 e. The number of hydrogen-bond acceptors (Lipinski definition) is 5. The Morgan fingerprint density at radius 3 is 2.47 bits per heavy atom. The number of carbonyl (C=O) groups excluding carboxylic acids is 1. The fraction of sp³-hybridized carbons (Fsp3) is 0.227. The van der Waals surface area contributed by atoms with Crippen molar-refractivity contribution >= 4 is 34.2 Å². The second-order valence-electron chi connectivity index (χ2n) is 7.03. The van der Waals surface area contributed by atoms with Gasteiger partial charge in [0.1, 0.15) is 16.9 Å². The van der Waals surface area contributed by atoms with Crippen LogP contribution < -0.4 is 10.1 Å². The number of nitrogens with zero attached hydrogens (tertiary/aromatic N) is 1. The summed E-state index contributed by atoms with van der Waals surface area (Å²) in [6.07, 6.45) is 0.0327. The van der Waals surface area contributed by atoms with Gasteiger partial charge in [0.25, 0.3) is 5.91 Å². The molecule has 0 aliphatic carbocycles. The number of nitrogens with one attached hydrogen (secondary N) is 1. The number of hydrogen-bond donors (Lipinski definition) is 3. The lowest BCUT2D eigenvalue weighted by molar-refractivity contribution is -0.139. The molecule has 0 saturated carbocycles. The molecule has 0 fully saturated rings. The minimum Gasteiger partial charge on any atom is -0.505 e. The second kappa shape index (κ2) is 9.00. The summed E-state index contributed by atoms with van der Waals surface area (Å²) in [6, 6.07) is 12.6. The minimum atomic E-state index is -1.20. The van der Waals surface area contributed by atoms with Gasteiger partial charge in [-0.2, -0.15) is 0 Å². The van der Waals surface area contributed by atoms with Crippen LogP contribution in [0.3, 0.4) is 0 Å². The summed E-state index contributed by atoms with van der Waals surface area (Å²) in [4.78, 5) is 28.3. The van der Waals surface area contributed by atoms with Gasteiger partial charge in [-0.05, 0) is 37.6 Å². The Kier molecular flexibility index (Phi) is 6.42. The third kappa shape index (κ3) is 4.80. The fourth-order valence-electron chi connectivity index (χ4n) is 3.02. The average molecular weight is 429 g/mol. The lowest BCUT2D eigenvalue weighted by atomic mass is 10.1. The van der Waals surface area contributed by atoms with Gasteiger partial charge in [0.05, 0.1) is 6.10 Å². The molecule has 3 N–H and O–H groups in total. The molecule has 0 bridgehead atoms. The molecule has 0 aliphatic rings. The average Bonchev–Trinajstić information content (AvgIpc) is 2.70. The number of amides is 1. The van der Waals surface area contributed by atoms with Gasteiger partial charge in [0, 0.05) is 17.2 Å². The monoisotopic (exact) mass is 428 g/mol. The molecule has 1 heterocycles. The molecule has 156 valence electrons. The predicted octanol–water partition coefficient (Wildman–Crippen LogP) is 3.81. The fourth-order valence-corrected chi connectivity index (χ4v) is 3.26. The van der Waals surface area contributed by atoms with Crippen molar-refractivity contribution in [2.45, 2.75) is 32.4 Å². The molecule has 30 heavy (non-hydrogen) atoms. The van der Waals surface area contributed by atoms with Crippen molar-refractivity contribution in [3.8, 4) is 11.5 Å². The molecule has 0 radical (unpaired) electrons. The van der Waals surface area contributed by atoms with E-state index in [-0.39, 0.29) is 29.1 Å². The number of fused-ring (bicyclic) bond motifs is 1. The van der Waals surface area contributed by atoms with Gasteiger partial charge in [-0.1, -0.05) is 41.9 Å². The third-order valence-corrected chi connectivity index (χ3v) is 4.66. The van der Waals surface area contributed by atoms with Crippen LogP contribution in [0.1, 0.15) is 29.9 Å². The minimum absolute atomic E-state index is 0.00269. The Hall–Kier alpha value is -3.32. The van der Waals surface area contributed by atoms with E-state index < -0.39 is 17.9 Å². The number of aliphatic carboxylic acids is 1. The van der Waals surface area contributed by atoms with E-state index in [4.69, 9.17) is 16.3 Å². The molecule has 0 spiro atoms. The standard InChI is InChI=1S/C22H21ClN2O5/c1-12(2)30-14-8-9-15-16(11-14)20(23)25-18(19(15)26)21(27)24-17(22(28)29)10-13-6-4-3-5-7-13/h3-9,11-12,17,26H,10H2,1-2H3,(H,24,27)(H,28,29). The molecule has 1 amide bonds. The van der Waals surface area contributed by atoms with Crippen molar-refractivity contribution in [2.75, 3.05) is 0 Å². The summed E-state index contributed by atoms with van der Waals surface area (Å²) in [5, 5.41) is 23.2. The zero-order valence-electron chi connectivity index (χ0n) is 16.4. The van der Waals surface area contributed by atoms with E-state index in [9.17, 15) is 19.8 Å². The molecule has 7 nitrogen and oxygen atoms in total. The number of aromatic hydroxyl groups is 1. The molecule has 2 aromatic carbocycles. The van der Waals surface area contributed by atoms with E-state index in [1.807, 2.05) is 19.9 Å². The maximum Gasteiger partial charge on any atom is 0.326 e. The lowest BCUT2D eigenvalue weighted by Gasteiger charge is -2.16. The first-order chi connectivity index (χ1) is 14.3. The van der Waals surface area contributed by atoms with Crippen LogP contribution in [0.15, 0.2) is 48.5 Å². The van der Waals surface area contributed by atoms with E-state index in [2.05, 4.69) is 10.3 Å². The molecule has 0 aliphatic heterocycles. The molecule has 1 atom stereocenters. The normalized spacial score (nSPS) is 12.0. The zero-order valence-corrected chi connectivity index (χ0v) is 17.2. The molecular formula is C22H21ClN2O5. The molecule has 3 rings (SSSR count).